The molecule has 1 atom stereocenters. The van der Waals surface area contributed by atoms with Gasteiger partial charge in [-0.15, -0.1) is 0 Å². The fraction of sp³-hybridized carbons (Fsp3) is 0.625. The predicted octanol–water partition coefficient (Wildman–Crippen LogP) is -0.890. The number of carbonyl (C=O) groups is 2. The van der Waals surface area contributed by atoms with Crippen molar-refractivity contribution >= 4 is 17.9 Å². The Kier molecular flexibility index (Phi) is 5.71. The first-order valence-corrected chi connectivity index (χ1v) is 4.01. The molecule has 0 saturated heterocycles. The van der Waals surface area contributed by atoms with Gasteiger partial charge < -0.3 is 11.1 Å². The summed E-state index contributed by atoms with van der Waals surface area (Å²) in [5.74, 6) is -0.284. The summed E-state index contributed by atoms with van der Waals surface area (Å²) in [6, 6.07) is -0.335. The second-order valence-corrected chi connectivity index (χ2v) is 2.69. The lowest BCUT2D eigenvalue weighted by atomic mass is 10.1. The van der Waals surface area contributed by atoms with Crippen molar-refractivity contribution < 1.29 is 9.59 Å². The maximum absolute atomic E-state index is 10.9. The van der Waals surface area contributed by atoms with Crippen LogP contribution in [0.2, 0.25) is 0 Å². The van der Waals surface area contributed by atoms with Crippen LogP contribution in [0.5, 0.6) is 0 Å². The minimum absolute atomic E-state index is 0.00206. The molecule has 0 bridgehead atoms. The monoisotopic (exact) mass is 185 g/mol. The molecule has 0 saturated carbocycles. The van der Waals surface area contributed by atoms with Crippen molar-refractivity contribution in [2.45, 2.75) is 19.4 Å². The van der Waals surface area contributed by atoms with Gasteiger partial charge in [-0.05, 0) is 6.92 Å². The largest absolute Gasteiger partial charge is 0.347 e. The average Bonchev–Trinajstić information content (AvgIpc) is 2.03. The predicted molar refractivity (Wildman–Crippen MR) is 50.7 cm³/mol. The Morgan fingerprint density at radius 1 is 1.62 bits per heavy atom. The van der Waals surface area contributed by atoms with Crippen LogP contribution in [-0.2, 0) is 9.59 Å². The number of hydrogen-bond donors (Lipinski definition) is 2. The second kappa shape index (κ2) is 6.30. The van der Waals surface area contributed by atoms with Crippen LogP contribution in [0.4, 0.5) is 0 Å². The van der Waals surface area contributed by atoms with Crippen molar-refractivity contribution in [1.82, 2.24) is 5.32 Å². The van der Waals surface area contributed by atoms with E-state index in [1.807, 2.05) is 0 Å². The molecule has 1 unspecified atom stereocenters. The van der Waals surface area contributed by atoms with Gasteiger partial charge in [-0.2, -0.15) is 0 Å². The van der Waals surface area contributed by atoms with Gasteiger partial charge in [-0.1, -0.05) is 0 Å². The van der Waals surface area contributed by atoms with Gasteiger partial charge in [0, 0.05) is 19.7 Å². The third-order valence-corrected chi connectivity index (χ3v) is 1.37. The first-order chi connectivity index (χ1) is 6.10. The highest BCUT2D eigenvalue weighted by atomic mass is 16.2. The van der Waals surface area contributed by atoms with Crippen molar-refractivity contribution in [1.29, 1.82) is 0 Å². The molecule has 0 aromatic rings. The van der Waals surface area contributed by atoms with Crippen LogP contribution in [0.15, 0.2) is 4.99 Å². The van der Waals surface area contributed by atoms with Crippen LogP contribution in [0.3, 0.4) is 0 Å². The lowest BCUT2D eigenvalue weighted by molar-refractivity contribution is -0.120. The van der Waals surface area contributed by atoms with E-state index in [1.54, 1.807) is 7.05 Å². The standard InChI is InChI=1S/C8H15N3O2/c1-6(12)3-7(5-10-2)11-8(13)4-9/h5,7H,3-4,9H2,1-2H3,(H,11,13)/b10-5-. The number of nitrogens with one attached hydrogen (secondary N) is 1. The Bertz CT molecular complexity index is 213. The number of amides is 1. The molecule has 0 aliphatic rings. The summed E-state index contributed by atoms with van der Waals surface area (Å²) in [6.45, 7) is 1.39. The number of nitrogens with zero attached hydrogens (tertiary/aromatic N) is 1. The SMILES string of the molecule is C/N=C\C(CC(C)=O)NC(=O)CN. The maximum atomic E-state index is 10.9. The molecule has 74 valence electrons. The number of hydrogen-bond acceptors (Lipinski definition) is 4. The van der Waals surface area contributed by atoms with E-state index in [1.165, 1.54) is 13.1 Å². The molecule has 0 aromatic carbocycles. The van der Waals surface area contributed by atoms with Crippen molar-refractivity contribution in [3.05, 3.63) is 0 Å². The smallest absolute Gasteiger partial charge is 0.234 e. The van der Waals surface area contributed by atoms with Crippen LogP contribution in [-0.4, -0.2) is 37.5 Å². The molecule has 0 spiro atoms. The van der Waals surface area contributed by atoms with E-state index < -0.39 is 0 Å². The fourth-order valence-electron chi connectivity index (χ4n) is 0.896. The molecule has 1 amide bonds. The number of Topliss-reactive ketones (excluding diaryl/α,β-unsaturated/α-hetero) is 1. The molecular formula is C8H15N3O2. The maximum Gasteiger partial charge on any atom is 0.234 e. The first-order valence-electron chi connectivity index (χ1n) is 4.01. The zero-order valence-electron chi connectivity index (χ0n) is 7.91. The molecule has 0 fully saturated rings. The first kappa shape index (κ1) is 11.8. The quantitative estimate of drug-likeness (QED) is 0.545. The van der Waals surface area contributed by atoms with Crippen molar-refractivity contribution in [3.63, 3.8) is 0 Å². The molecule has 3 N–H and O–H groups in total. The van der Waals surface area contributed by atoms with E-state index >= 15 is 0 Å². The normalized spacial score (nSPS) is 12.8. The van der Waals surface area contributed by atoms with Gasteiger partial charge in [-0.25, -0.2) is 0 Å². The number of nitrogens with two attached hydrogens (primary N) is 1. The minimum Gasteiger partial charge on any atom is -0.347 e. The lowest BCUT2D eigenvalue weighted by Crippen LogP contribution is -2.40. The summed E-state index contributed by atoms with van der Waals surface area (Å²) in [7, 11) is 1.59. The molecule has 0 radical (unpaired) electrons. The van der Waals surface area contributed by atoms with Crippen LogP contribution in [0.1, 0.15) is 13.3 Å². The van der Waals surface area contributed by atoms with E-state index in [9.17, 15) is 9.59 Å². The number of rotatable bonds is 5. The highest BCUT2D eigenvalue weighted by molar-refractivity contribution is 5.86. The van der Waals surface area contributed by atoms with Gasteiger partial charge in [-0.3, -0.25) is 14.6 Å². The summed E-state index contributed by atoms with van der Waals surface area (Å²) in [4.78, 5) is 25.4. The van der Waals surface area contributed by atoms with Crippen LogP contribution >= 0.6 is 0 Å². The lowest BCUT2D eigenvalue weighted by Gasteiger charge is -2.11. The molecule has 13 heavy (non-hydrogen) atoms. The topological polar surface area (TPSA) is 84.5 Å². The van der Waals surface area contributed by atoms with E-state index in [0.29, 0.717) is 0 Å². The Morgan fingerprint density at radius 2 is 2.23 bits per heavy atom. The van der Waals surface area contributed by atoms with Crippen molar-refractivity contribution in [2.24, 2.45) is 10.7 Å². The Balaban J connectivity index is 4.09. The highest BCUT2D eigenvalue weighted by Crippen LogP contribution is 1.90. The fourth-order valence-corrected chi connectivity index (χ4v) is 0.896. The van der Waals surface area contributed by atoms with Crippen LogP contribution in [0.25, 0.3) is 0 Å². The summed E-state index contributed by atoms with van der Waals surface area (Å²) in [5.41, 5.74) is 5.11. The zero-order valence-corrected chi connectivity index (χ0v) is 7.91. The highest BCUT2D eigenvalue weighted by Gasteiger charge is 2.10. The summed E-state index contributed by atoms with van der Waals surface area (Å²) < 4.78 is 0. The van der Waals surface area contributed by atoms with Gasteiger partial charge in [0.05, 0.1) is 12.6 Å². The van der Waals surface area contributed by atoms with E-state index in [2.05, 4.69) is 10.3 Å². The van der Waals surface area contributed by atoms with Gasteiger partial charge in [0.2, 0.25) is 5.91 Å². The molecule has 0 aliphatic carbocycles. The second-order valence-electron chi connectivity index (χ2n) is 2.69. The number of aliphatic imine (C=N–C) groups is 1. The molecule has 0 aromatic heterocycles. The third-order valence-electron chi connectivity index (χ3n) is 1.37. The zero-order chi connectivity index (χ0) is 10.3. The molecule has 0 heterocycles. The molecule has 0 aliphatic heterocycles. The van der Waals surface area contributed by atoms with Crippen LogP contribution in [0, 0.1) is 0 Å². The van der Waals surface area contributed by atoms with E-state index in [4.69, 9.17) is 5.73 Å². The van der Waals surface area contributed by atoms with Gasteiger partial charge >= 0.3 is 0 Å². The van der Waals surface area contributed by atoms with E-state index in [0.717, 1.165) is 0 Å². The summed E-state index contributed by atoms with van der Waals surface area (Å²) in [6.07, 6.45) is 1.78. The Hall–Kier alpha value is -1.23. The van der Waals surface area contributed by atoms with Gasteiger partial charge in [0.25, 0.3) is 0 Å². The molecule has 0 rings (SSSR count). The molecule has 5 heteroatoms. The van der Waals surface area contributed by atoms with E-state index in [-0.39, 0.29) is 30.7 Å². The van der Waals surface area contributed by atoms with Crippen LogP contribution < -0.4 is 11.1 Å². The molecular weight excluding hydrogens is 170 g/mol. The van der Waals surface area contributed by atoms with Crippen molar-refractivity contribution in [2.75, 3.05) is 13.6 Å². The number of ketones is 1. The summed E-state index contributed by atoms with van der Waals surface area (Å²) >= 11 is 0. The third kappa shape index (κ3) is 5.98. The number of carbonyl (C=O) groups excluding carboxylic acids is 2. The van der Waals surface area contributed by atoms with Crippen molar-refractivity contribution in [3.8, 4) is 0 Å². The van der Waals surface area contributed by atoms with Gasteiger partial charge in [0.15, 0.2) is 0 Å². The molecule has 5 nitrogen and oxygen atoms in total. The summed E-state index contributed by atoms with van der Waals surface area (Å²) in [5, 5.41) is 2.56. The van der Waals surface area contributed by atoms with Gasteiger partial charge in [0.1, 0.15) is 5.78 Å². The minimum atomic E-state index is -0.335. The average molecular weight is 185 g/mol. The Labute approximate surface area is 77.4 Å². The Morgan fingerprint density at radius 3 is 2.62 bits per heavy atom.